The molecule has 6 heteroatoms. The maximum atomic E-state index is 12.2. The van der Waals surface area contributed by atoms with Crippen LogP contribution < -0.4 is 9.88 Å². The van der Waals surface area contributed by atoms with E-state index in [9.17, 15) is 9.59 Å². The number of ether oxygens (including phenoxy) is 1. The van der Waals surface area contributed by atoms with Crippen molar-refractivity contribution >= 4 is 22.9 Å². The van der Waals surface area contributed by atoms with Crippen LogP contribution in [0.2, 0.25) is 0 Å². The number of carbonyl (C=O) groups is 2. The van der Waals surface area contributed by atoms with E-state index in [-0.39, 0.29) is 18.4 Å². The topological polar surface area (TPSA) is 64.2 Å². The van der Waals surface area contributed by atoms with Crippen molar-refractivity contribution in [2.45, 2.75) is 52.7 Å². The van der Waals surface area contributed by atoms with Crippen molar-refractivity contribution in [2.24, 2.45) is 0 Å². The monoisotopic (exact) mass is 330 g/mol. The number of nitrogens with zero attached hydrogens (tertiary/aromatic N) is 2. The Kier molecular flexibility index (Phi) is 4.55. The first-order chi connectivity index (χ1) is 11.5. The van der Waals surface area contributed by atoms with E-state index in [4.69, 9.17) is 4.74 Å². The smallest absolute Gasteiger partial charge is 0.338 e. The second kappa shape index (κ2) is 6.63. The average Bonchev–Trinajstić information content (AvgIpc) is 3.33. The average molecular weight is 330 g/mol. The van der Waals surface area contributed by atoms with E-state index in [1.807, 2.05) is 23.6 Å². The molecular weight excluding hydrogens is 306 g/mol. The lowest BCUT2D eigenvalue weighted by Crippen LogP contribution is -2.36. The number of aryl methyl sites for hydroxylation is 1. The molecule has 1 aliphatic carbocycles. The summed E-state index contributed by atoms with van der Waals surface area (Å²) < 4.78 is 9.21. The molecule has 1 aliphatic rings. The molecule has 0 bridgehead atoms. The number of hydrogen-bond acceptors (Lipinski definition) is 3. The van der Waals surface area contributed by atoms with Crippen LogP contribution in [0.4, 0.5) is 0 Å². The molecule has 3 rings (SSSR count). The highest BCUT2D eigenvalue weighted by Gasteiger charge is 2.27. The second-order valence-electron chi connectivity index (χ2n) is 6.14. The van der Waals surface area contributed by atoms with Crippen molar-refractivity contribution in [1.29, 1.82) is 0 Å². The number of amides is 1. The lowest BCUT2D eigenvalue weighted by atomic mass is 10.2. The first kappa shape index (κ1) is 16.5. The van der Waals surface area contributed by atoms with Gasteiger partial charge in [0.25, 0.3) is 11.7 Å². The van der Waals surface area contributed by atoms with Gasteiger partial charge in [-0.25, -0.2) is 13.9 Å². The molecule has 1 N–H and O–H groups in total. The number of imidazole rings is 1. The Bertz CT molecular complexity index is 790. The van der Waals surface area contributed by atoms with Crippen LogP contribution in [0.1, 0.15) is 42.9 Å². The minimum absolute atomic E-state index is 0.0160. The maximum Gasteiger partial charge on any atom is 0.338 e. The van der Waals surface area contributed by atoms with Crippen LogP contribution in [0.15, 0.2) is 18.2 Å². The van der Waals surface area contributed by atoms with Gasteiger partial charge in [-0.15, -0.1) is 0 Å². The Labute approximate surface area is 141 Å². The third-order valence-corrected chi connectivity index (χ3v) is 4.41. The molecule has 0 unspecified atom stereocenters. The molecule has 1 amide bonds. The summed E-state index contributed by atoms with van der Waals surface area (Å²) in [5.41, 5.74) is 2.40. The van der Waals surface area contributed by atoms with Crippen LogP contribution in [0.3, 0.4) is 0 Å². The molecule has 6 nitrogen and oxygen atoms in total. The van der Waals surface area contributed by atoms with Crippen LogP contribution in [0, 0.1) is 6.92 Å². The van der Waals surface area contributed by atoms with Gasteiger partial charge in [0, 0.05) is 19.0 Å². The van der Waals surface area contributed by atoms with Crippen molar-refractivity contribution in [3.63, 3.8) is 0 Å². The van der Waals surface area contributed by atoms with E-state index >= 15 is 0 Å². The third-order valence-electron chi connectivity index (χ3n) is 4.41. The summed E-state index contributed by atoms with van der Waals surface area (Å²) in [5, 5.41) is 3.02. The molecule has 1 heterocycles. The number of benzene rings is 1. The zero-order chi connectivity index (χ0) is 17.3. The Balaban J connectivity index is 2.00. The fourth-order valence-corrected chi connectivity index (χ4v) is 3.05. The molecule has 1 saturated carbocycles. The van der Waals surface area contributed by atoms with E-state index in [2.05, 4.69) is 16.8 Å². The predicted molar refractivity (Wildman–Crippen MR) is 89.7 cm³/mol. The number of carbonyl (C=O) groups excluding carboxylic acids is 2. The van der Waals surface area contributed by atoms with Crippen LogP contribution >= 0.6 is 0 Å². The Morgan fingerprint density at radius 2 is 2.08 bits per heavy atom. The van der Waals surface area contributed by atoms with Gasteiger partial charge in [-0.3, -0.25) is 4.79 Å². The molecule has 1 aromatic heterocycles. The zero-order valence-corrected chi connectivity index (χ0v) is 14.5. The summed E-state index contributed by atoms with van der Waals surface area (Å²) in [6.45, 7) is 7.26. The molecule has 0 aliphatic heterocycles. The van der Waals surface area contributed by atoms with Crippen LogP contribution in [-0.4, -0.2) is 29.1 Å². The third kappa shape index (κ3) is 3.13. The van der Waals surface area contributed by atoms with Crippen molar-refractivity contribution in [3.05, 3.63) is 29.6 Å². The fraction of sp³-hybridized carbons (Fsp3) is 0.500. The first-order valence-corrected chi connectivity index (χ1v) is 8.54. The first-order valence-electron chi connectivity index (χ1n) is 8.54. The Morgan fingerprint density at radius 1 is 1.33 bits per heavy atom. The van der Waals surface area contributed by atoms with E-state index in [1.165, 1.54) is 0 Å². The number of nitrogens with one attached hydrogen (secondary N) is 1. The van der Waals surface area contributed by atoms with Crippen molar-refractivity contribution in [3.8, 4) is 0 Å². The van der Waals surface area contributed by atoms with Gasteiger partial charge in [0.1, 0.15) is 0 Å². The van der Waals surface area contributed by atoms with Crippen LogP contribution in [0.25, 0.3) is 11.0 Å². The number of rotatable bonds is 6. The van der Waals surface area contributed by atoms with Crippen LogP contribution in [0.5, 0.6) is 0 Å². The molecule has 2 aromatic rings. The number of esters is 1. The van der Waals surface area contributed by atoms with Crippen molar-refractivity contribution in [1.82, 2.24) is 9.88 Å². The standard InChI is InChI=1S/C18H23N3O3/c1-4-20-12(3)21(11-17(22)19-14-7-8-14)16-10-13(6-9-15(16)20)18(23)24-5-2/h6,9-10,14H,4-5,7-8,11H2,1-3H3/p+1. The van der Waals surface area contributed by atoms with Crippen molar-refractivity contribution in [2.75, 3.05) is 6.61 Å². The van der Waals surface area contributed by atoms with Gasteiger partial charge < -0.3 is 10.1 Å². The molecule has 24 heavy (non-hydrogen) atoms. The largest absolute Gasteiger partial charge is 0.462 e. The summed E-state index contributed by atoms with van der Waals surface area (Å²) in [6, 6.07) is 5.86. The van der Waals surface area contributed by atoms with E-state index in [0.717, 1.165) is 36.2 Å². The number of aromatic nitrogens is 2. The molecule has 0 saturated heterocycles. The van der Waals surface area contributed by atoms with Gasteiger partial charge in [-0.1, -0.05) is 0 Å². The normalized spacial score (nSPS) is 14.0. The van der Waals surface area contributed by atoms with Gasteiger partial charge in [0.2, 0.25) is 0 Å². The SMILES string of the molecule is CCOC(=O)c1ccc2c(c1)n(CC(=O)NC1CC1)c(C)[n+]2CC. The summed E-state index contributed by atoms with van der Waals surface area (Å²) in [4.78, 5) is 24.3. The highest BCUT2D eigenvalue weighted by molar-refractivity contribution is 5.93. The maximum absolute atomic E-state index is 12.2. The highest BCUT2D eigenvalue weighted by atomic mass is 16.5. The Morgan fingerprint density at radius 3 is 2.71 bits per heavy atom. The van der Waals surface area contributed by atoms with Crippen molar-refractivity contribution < 1.29 is 18.9 Å². The van der Waals surface area contributed by atoms with E-state index in [0.29, 0.717) is 18.2 Å². The van der Waals surface area contributed by atoms with Gasteiger partial charge in [-0.05, 0) is 38.8 Å². The molecule has 128 valence electrons. The second-order valence-corrected chi connectivity index (χ2v) is 6.14. The molecule has 1 fully saturated rings. The van der Waals surface area contributed by atoms with E-state index < -0.39 is 0 Å². The van der Waals surface area contributed by atoms with Gasteiger partial charge in [0.05, 0.1) is 18.7 Å². The molecule has 0 spiro atoms. The zero-order valence-electron chi connectivity index (χ0n) is 14.5. The lowest BCUT2D eigenvalue weighted by molar-refractivity contribution is -0.674. The minimum Gasteiger partial charge on any atom is -0.462 e. The molecule has 0 radical (unpaired) electrons. The Hall–Kier alpha value is -2.37. The summed E-state index contributed by atoms with van der Waals surface area (Å²) in [7, 11) is 0. The van der Waals surface area contributed by atoms with Gasteiger partial charge >= 0.3 is 5.97 Å². The summed E-state index contributed by atoms with van der Waals surface area (Å²) >= 11 is 0. The fourth-order valence-electron chi connectivity index (χ4n) is 3.05. The number of fused-ring (bicyclic) bond motifs is 1. The minimum atomic E-state index is -0.338. The highest BCUT2D eigenvalue weighted by Crippen LogP contribution is 2.20. The van der Waals surface area contributed by atoms with Gasteiger partial charge in [-0.2, -0.15) is 0 Å². The lowest BCUT2D eigenvalue weighted by Gasteiger charge is -2.03. The van der Waals surface area contributed by atoms with Crippen LogP contribution in [-0.2, 0) is 22.6 Å². The van der Waals surface area contributed by atoms with Gasteiger partial charge in [0.15, 0.2) is 17.6 Å². The van der Waals surface area contributed by atoms with E-state index in [1.54, 1.807) is 13.0 Å². The molecule has 0 atom stereocenters. The summed E-state index contributed by atoms with van der Waals surface area (Å²) in [5.74, 6) is 0.678. The predicted octanol–water partition coefficient (Wildman–Crippen LogP) is 1.71. The molecule has 1 aromatic carbocycles. The molecular formula is C18H24N3O3+. The number of hydrogen-bond donors (Lipinski definition) is 1. The summed E-state index contributed by atoms with van der Waals surface area (Å²) in [6.07, 6.45) is 2.14. The quantitative estimate of drug-likeness (QED) is 0.648.